The Labute approximate surface area is 156 Å². The van der Waals surface area contributed by atoms with E-state index in [1.165, 1.54) is 11.3 Å². The molecule has 3 aromatic carbocycles. The summed E-state index contributed by atoms with van der Waals surface area (Å²) in [6, 6.07) is 27.0. The van der Waals surface area contributed by atoms with Gasteiger partial charge >= 0.3 is 0 Å². The SMILES string of the molecule is Brc1ccc(N2C/C=C(/c3ccccc3)Oc3ccccc3C2)cc1. The number of hydrogen-bond donors (Lipinski definition) is 0. The maximum absolute atomic E-state index is 6.25. The number of nitrogens with zero attached hydrogens (tertiary/aromatic N) is 1. The molecule has 25 heavy (non-hydrogen) atoms. The van der Waals surface area contributed by atoms with Gasteiger partial charge in [0.15, 0.2) is 0 Å². The van der Waals surface area contributed by atoms with E-state index in [1.807, 2.05) is 30.3 Å². The second-order valence-electron chi connectivity index (χ2n) is 6.00. The van der Waals surface area contributed by atoms with Crippen LogP contribution in [0.2, 0.25) is 0 Å². The number of ether oxygens (including phenoxy) is 1. The fourth-order valence-corrected chi connectivity index (χ4v) is 3.25. The Balaban J connectivity index is 1.75. The molecule has 0 amide bonds. The highest BCUT2D eigenvalue weighted by molar-refractivity contribution is 9.10. The molecule has 0 spiro atoms. The minimum Gasteiger partial charge on any atom is -0.457 e. The molecule has 0 radical (unpaired) electrons. The molecule has 0 N–H and O–H groups in total. The van der Waals surface area contributed by atoms with Gasteiger partial charge in [0.2, 0.25) is 0 Å². The van der Waals surface area contributed by atoms with Crippen LogP contribution >= 0.6 is 15.9 Å². The van der Waals surface area contributed by atoms with E-state index in [9.17, 15) is 0 Å². The number of halogens is 1. The summed E-state index contributed by atoms with van der Waals surface area (Å²) < 4.78 is 7.34. The molecule has 4 rings (SSSR count). The molecule has 0 aromatic heterocycles. The van der Waals surface area contributed by atoms with Gasteiger partial charge in [0.05, 0.1) is 0 Å². The van der Waals surface area contributed by atoms with Crippen LogP contribution in [0.1, 0.15) is 11.1 Å². The van der Waals surface area contributed by atoms with Gasteiger partial charge in [-0.2, -0.15) is 0 Å². The van der Waals surface area contributed by atoms with E-state index < -0.39 is 0 Å². The molecule has 1 aliphatic rings. The number of rotatable bonds is 2. The molecule has 0 atom stereocenters. The van der Waals surface area contributed by atoms with Gasteiger partial charge in [-0.3, -0.25) is 0 Å². The summed E-state index contributed by atoms with van der Waals surface area (Å²) in [7, 11) is 0. The van der Waals surface area contributed by atoms with Crippen LogP contribution in [0.5, 0.6) is 5.75 Å². The maximum atomic E-state index is 6.25. The summed E-state index contributed by atoms with van der Waals surface area (Å²) >= 11 is 3.51. The zero-order chi connectivity index (χ0) is 17.1. The van der Waals surface area contributed by atoms with Crippen LogP contribution in [-0.2, 0) is 6.54 Å². The first kappa shape index (κ1) is 16.0. The number of anilines is 1. The van der Waals surface area contributed by atoms with Crippen molar-refractivity contribution in [1.29, 1.82) is 0 Å². The Morgan fingerprint density at radius 2 is 1.52 bits per heavy atom. The van der Waals surface area contributed by atoms with Gasteiger partial charge in [-0.15, -0.1) is 0 Å². The summed E-state index contributed by atoms with van der Waals surface area (Å²) in [5.41, 5.74) is 3.48. The van der Waals surface area contributed by atoms with Crippen molar-refractivity contribution in [2.24, 2.45) is 0 Å². The topological polar surface area (TPSA) is 12.5 Å². The predicted octanol–water partition coefficient (Wildman–Crippen LogP) is 5.89. The van der Waals surface area contributed by atoms with Gasteiger partial charge < -0.3 is 9.64 Å². The quantitative estimate of drug-likeness (QED) is 0.539. The van der Waals surface area contributed by atoms with E-state index in [-0.39, 0.29) is 0 Å². The zero-order valence-corrected chi connectivity index (χ0v) is 15.3. The van der Waals surface area contributed by atoms with Crippen LogP contribution in [-0.4, -0.2) is 6.54 Å². The lowest BCUT2D eigenvalue weighted by Crippen LogP contribution is -2.25. The van der Waals surface area contributed by atoms with Crippen LogP contribution in [0, 0.1) is 0 Å². The Morgan fingerprint density at radius 3 is 2.32 bits per heavy atom. The van der Waals surface area contributed by atoms with E-state index in [1.54, 1.807) is 0 Å². The molecule has 1 heterocycles. The highest BCUT2D eigenvalue weighted by Gasteiger charge is 2.16. The molecule has 0 fully saturated rings. The number of para-hydroxylation sites is 1. The molecule has 2 nitrogen and oxygen atoms in total. The summed E-state index contributed by atoms with van der Waals surface area (Å²) in [4.78, 5) is 2.36. The molecule has 3 heteroatoms. The fraction of sp³-hybridized carbons (Fsp3) is 0.0909. The van der Waals surface area contributed by atoms with Crippen LogP contribution in [0.25, 0.3) is 5.76 Å². The van der Waals surface area contributed by atoms with Crippen LogP contribution in [0.3, 0.4) is 0 Å². The third-order valence-electron chi connectivity index (χ3n) is 4.30. The molecule has 3 aromatic rings. The molecule has 124 valence electrons. The lowest BCUT2D eigenvalue weighted by atomic mass is 10.1. The minimum atomic E-state index is 0.792. The number of hydrogen-bond acceptors (Lipinski definition) is 2. The Bertz CT molecular complexity index is 887. The van der Waals surface area contributed by atoms with Gasteiger partial charge in [-0.1, -0.05) is 64.5 Å². The summed E-state index contributed by atoms with van der Waals surface area (Å²) in [5.74, 6) is 1.81. The van der Waals surface area contributed by atoms with Crippen molar-refractivity contribution in [2.75, 3.05) is 11.4 Å². The van der Waals surface area contributed by atoms with E-state index in [2.05, 4.69) is 75.4 Å². The average Bonchev–Trinajstić information content (AvgIpc) is 2.64. The van der Waals surface area contributed by atoms with Crippen molar-refractivity contribution in [2.45, 2.75) is 6.54 Å². The van der Waals surface area contributed by atoms with Crippen molar-refractivity contribution in [3.05, 3.63) is 101 Å². The van der Waals surface area contributed by atoms with Gasteiger partial charge in [0.1, 0.15) is 11.5 Å². The standard InChI is InChI=1S/C22H18BrNO/c23-19-10-12-20(13-11-19)24-15-14-22(17-6-2-1-3-7-17)25-21-9-5-4-8-18(21)16-24/h1-14H,15-16H2/b22-14-. The molecular formula is C22H18BrNO. The van der Waals surface area contributed by atoms with Gasteiger partial charge in [-0.25, -0.2) is 0 Å². The van der Waals surface area contributed by atoms with Crippen molar-refractivity contribution in [3.8, 4) is 5.75 Å². The molecule has 0 unspecified atom stereocenters. The first-order valence-corrected chi connectivity index (χ1v) is 9.11. The zero-order valence-electron chi connectivity index (χ0n) is 13.7. The van der Waals surface area contributed by atoms with Crippen molar-refractivity contribution in [1.82, 2.24) is 0 Å². The predicted molar refractivity (Wildman–Crippen MR) is 107 cm³/mol. The second kappa shape index (κ2) is 7.16. The molecule has 0 aliphatic carbocycles. The Morgan fingerprint density at radius 1 is 0.800 bits per heavy atom. The van der Waals surface area contributed by atoms with Crippen LogP contribution in [0.4, 0.5) is 5.69 Å². The van der Waals surface area contributed by atoms with Gasteiger partial charge in [0, 0.05) is 34.4 Å². The maximum Gasteiger partial charge on any atom is 0.132 e. The number of benzene rings is 3. The van der Waals surface area contributed by atoms with Crippen LogP contribution in [0.15, 0.2) is 89.4 Å². The minimum absolute atomic E-state index is 0.792. The highest BCUT2D eigenvalue weighted by Crippen LogP contribution is 2.30. The third kappa shape index (κ3) is 3.62. The first-order valence-electron chi connectivity index (χ1n) is 8.31. The van der Waals surface area contributed by atoms with Crippen molar-refractivity contribution in [3.63, 3.8) is 0 Å². The number of fused-ring (bicyclic) bond motifs is 1. The Hall–Kier alpha value is -2.52. The Kier molecular flexibility index (Phi) is 4.57. The summed E-state index contributed by atoms with van der Waals surface area (Å²) in [6.07, 6.45) is 2.16. The van der Waals surface area contributed by atoms with Gasteiger partial charge in [0.25, 0.3) is 0 Å². The van der Waals surface area contributed by atoms with E-state index in [0.717, 1.165) is 34.6 Å². The second-order valence-corrected chi connectivity index (χ2v) is 6.92. The van der Waals surface area contributed by atoms with E-state index in [0.29, 0.717) is 0 Å². The van der Waals surface area contributed by atoms with Gasteiger partial charge in [-0.05, 0) is 36.4 Å². The lowest BCUT2D eigenvalue weighted by molar-refractivity contribution is 0.500. The van der Waals surface area contributed by atoms with E-state index >= 15 is 0 Å². The van der Waals surface area contributed by atoms with Crippen LogP contribution < -0.4 is 9.64 Å². The molecule has 0 saturated heterocycles. The first-order chi connectivity index (χ1) is 12.3. The monoisotopic (exact) mass is 391 g/mol. The van der Waals surface area contributed by atoms with E-state index in [4.69, 9.17) is 4.74 Å². The molecular weight excluding hydrogens is 374 g/mol. The molecule has 1 aliphatic heterocycles. The molecule has 0 bridgehead atoms. The normalized spacial score (nSPS) is 16.0. The van der Waals surface area contributed by atoms with Crippen molar-refractivity contribution >= 4 is 27.4 Å². The fourth-order valence-electron chi connectivity index (χ4n) is 2.99. The summed E-state index contributed by atoms with van der Waals surface area (Å²) in [5, 5.41) is 0. The lowest BCUT2D eigenvalue weighted by Gasteiger charge is -2.28. The average molecular weight is 392 g/mol. The highest BCUT2D eigenvalue weighted by atomic mass is 79.9. The largest absolute Gasteiger partial charge is 0.457 e. The van der Waals surface area contributed by atoms with Crippen molar-refractivity contribution < 1.29 is 4.74 Å². The smallest absolute Gasteiger partial charge is 0.132 e. The third-order valence-corrected chi connectivity index (χ3v) is 4.83. The summed E-state index contributed by atoms with van der Waals surface area (Å²) in [6.45, 7) is 1.61. The molecule has 0 saturated carbocycles.